The van der Waals surface area contributed by atoms with Crippen LogP contribution < -0.4 is 15.5 Å². The molecular formula is C18H17ClF3N3O2. The number of nitrogens with zero attached hydrogens (tertiary/aromatic N) is 1. The molecule has 2 N–H and O–H groups in total. The first-order valence-electron chi connectivity index (χ1n) is 7.95. The van der Waals surface area contributed by atoms with Crippen LogP contribution in [0.25, 0.3) is 0 Å². The van der Waals surface area contributed by atoms with Gasteiger partial charge in [-0.2, -0.15) is 18.3 Å². The van der Waals surface area contributed by atoms with Gasteiger partial charge >= 0.3 is 6.18 Å². The number of carbonyl (C=O) groups is 1. The first-order chi connectivity index (χ1) is 12.8. The number of rotatable bonds is 7. The molecule has 2 aromatic rings. The molecule has 2 aromatic carbocycles. The number of halogens is 4. The Kier molecular flexibility index (Phi) is 7.06. The van der Waals surface area contributed by atoms with E-state index in [9.17, 15) is 18.0 Å². The number of ether oxygens (including phenoxy) is 1. The van der Waals surface area contributed by atoms with Gasteiger partial charge in [0.2, 0.25) is 0 Å². The predicted molar refractivity (Wildman–Crippen MR) is 98.3 cm³/mol. The Morgan fingerprint density at radius 3 is 2.74 bits per heavy atom. The van der Waals surface area contributed by atoms with E-state index in [2.05, 4.69) is 15.8 Å². The number of hydrogen-bond donors (Lipinski definition) is 2. The minimum Gasteiger partial charge on any atom is -0.493 e. The third kappa shape index (κ3) is 6.49. The van der Waals surface area contributed by atoms with Crippen molar-refractivity contribution in [3.8, 4) is 5.75 Å². The van der Waals surface area contributed by atoms with E-state index >= 15 is 0 Å². The van der Waals surface area contributed by atoms with E-state index in [0.29, 0.717) is 22.9 Å². The molecule has 5 nitrogen and oxygen atoms in total. The van der Waals surface area contributed by atoms with Crippen LogP contribution in [-0.2, 0) is 11.0 Å². The second-order valence-corrected chi connectivity index (χ2v) is 5.78. The highest BCUT2D eigenvalue weighted by Crippen LogP contribution is 2.30. The number of alkyl halides is 3. The highest BCUT2D eigenvalue weighted by molar-refractivity contribution is 6.30. The second kappa shape index (κ2) is 9.27. The van der Waals surface area contributed by atoms with Gasteiger partial charge in [0.15, 0.2) is 0 Å². The van der Waals surface area contributed by atoms with Crippen LogP contribution >= 0.6 is 11.6 Å². The molecule has 9 heteroatoms. The van der Waals surface area contributed by atoms with Crippen LogP contribution in [0.4, 0.5) is 18.9 Å². The molecule has 0 heterocycles. The van der Waals surface area contributed by atoms with E-state index in [4.69, 9.17) is 16.3 Å². The number of nitrogens with one attached hydrogen (secondary N) is 2. The number of hydrogen-bond acceptors (Lipinski definition) is 4. The number of anilines is 1. The van der Waals surface area contributed by atoms with Gasteiger partial charge in [-0.1, -0.05) is 17.7 Å². The summed E-state index contributed by atoms with van der Waals surface area (Å²) in [4.78, 5) is 11.8. The van der Waals surface area contributed by atoms with Gasteiger partial charge < -0.3 is 10.1 Å². The summed E-state index contributed by atoms with van der Waals surface area (Å²) in [5.41, 5.74) is 2.24. The van der Waals surface area contributed by atoms with Crippen LogP contribution in [0.15, 0.2) is 47.6 Å². The Balaban J connectivity index is 1.92. The zero-order chi connectivity index (χ0) is 19.9. The molecule has 0 saturated carbocycles. The molecule has 0 radical (unpaired) electrons. The van der Waals surface area contributed by atoms with E-state index in [1.54, 1.807) is 18.2 Å². The van der Waals surface area contributed by atoms with E-state index in [1.165, 1.54) is 18.3 Å². The van der Waals surface area contributed by atoms with Gasteiger partial charge in [0.25, 0.3) is 5.91 Å². The lowest BCUT2D eigenvalue weighted by Crippen LogP contribution is -2.26. The van der Waals surface area contributed by atoms with Crippen LogP contribution in [0.5, 0.6) is 5.75 Å². The maximum atomic E-state index is 12.7. The molecule has 0 saturated heterocycles. The summed E-state index contributed by atoms with van der Waals surface area (Å²) in [6.45, 7) is 2.04. The standard InChI is InChI=1S/C18H17ClF3N3O2/c1-2-27-16-7-6-14(19)8-12(16)10-24-25-17(26)11-23-15-5-3-4-13(9-15)18(20,21)22/h3-10,23H,2,11H2,1H3,(H,25,26)/b24-10-. The monoisotopic (exact) mass is 399 g/mol. The Hall–Kier alpha value is -2.74. The molecule has 0 spiro atoms. The molecule has 0 atom stereocenters. The zero-order valence-electron chi connectivity index (χ0n) is 14.3. The highest BCUT2D eigenvalue weighted by atomic mass is 35.5. The van der Waals surface area contributed by atoms with Crippen LogP contribution in [0.2, 0.25) is 5.02 Å². The average molecular weight is 400 g/mol. The molecule has 1 amide bonds. The van der Waals surface area contributed by atoms with Crippen molar-refractivity contribution in [2.24, 2.45) is 5.10 Å². The molecule has 0 bridgehead atoms. The summed E-state index contributed by atoms with van der Waals surface area (Å²) in [7, 11) is 0. The first-order valence-corrected chi connectivity index (χ1v) is 8.32. The number of hydrazone groups is 1. The lowest BCUT2D eigenvalue weighted by Gasteiger charge is -2.10. The minimum atomic E-state index is -4.44. The maximum absolute atomic E-state index is 12.7. The molecule has 144 valence electrons. The summed E-state index contributed by atoms with van der Waals surface area (Å²) >= 11 is 5.93. The molecule has 0 aliphatic rings. The number of amides is 1. The molecule has 0 aromatic heterocycles. The lowest BCUT2D eigenvalue weighted by atomic mass is 10.2. The molecule has 0 aliphatic carbocycles. The first kappa shape index (κ1) is 20.6. The molecule has 27 heavy (non-hydrogen) atoms. The van der Waals surface area contributed by atoms with Crippen LogP contribution in [0.1, 0.15) is 18.1 Å². The van der Waals surface area contributed by atoms with Crippen molar-refractivity contribution in [3.05, 3.63) is 58.6 Å². The summed E-state index contributed by atoms with van der Waals surface area (Å²) in [6.07, 6.45) is -3.07. The Labute approximate surface area is 159 Å². The Morgan fingerprint density at radius 1 is 1.26 bits per heavy atom. The van der Waals surface area contributed by atoms with Gasteiger partial charge in [0.1, 0.15) is 5.75 Å². The molecule has 0 unspecified atom stereocenters. The minimum absolute atomic E-state index is 0.178. The molecule has 0 fully saturated rings. The van der Waals surface area contributed by atoms with Crippen molar-refractivity contribution < 1.29 is 22.7 Å². The summed E-state index contributed by atoms with van der Waals surface area (Å²) in [5.74, 6) is 0.0330. The van der Waals surface area contributed by atoms with E-state index in [-0.39, 0.29) is 12.2 Å². The average Bonchev–Trinajstić information content (AvgIpc) is 2.62. The van der Waals surface area contributed by atoms with Gasteiger partial charge in [0.05, 0.1) is 24.9 Å². The van der Waals surface area contributed by atoms with E-state index in [1.807, 2.05) is 6.92 Å². The predicted octanol–water partition coefficient (Wildman–Crippen LogP) is 4.32. The van der Waals surface area contributed by atoms with Crippen LogP contribution in [-0.4, -0.2) is 25.3 Å². The molecule has 0 aliphatic heterocycles. The fourth-order valence-corrected chi connectivity index (χ4v) is 2.29. The quantitative estimate of drug-likeness (QED) is 0.538. The smallest absolute Gasteiger partial charge is 0.416 e. The third-order valence-corrected chi connectivity index (χ3v) is 3.54. The SMILES string of the molecule is CCOc1ccc(Cl)cc1/C=N\NC(=O)CNc1cccc(C(F)(F)F)c1. The fraction of sp³-hybridized carbons (Fsp3) is 0.222. The van der Waals surface area contributed by atoms with Crippen molar-refractivity contribution in [1.29, 1.82) is 0 Å². The van der Waals surface area contributed by atoms with E-state index in [0.717, 1.165) is 12.1 Å². The van der Waals surface area contributed by atoms with Crippen LogP contribution in [0, 0.1) is 0 Å². The van der Waals surface area contributed by atoms with Crippen LogP contribution in [0.3, 0.4) is 0 Å². The Morgan fingerprint density at radius 2 is 2.04 bits per heavy atom. The molecular weight excluding hydrogens is 383 g/mol. The fourth-order valence-electron chi connectivity index (χ4n) is 2.11. The van der Waals surface area contributed by atoms with Crippen molar-refractivity contribution in [2.45, 2.75) is 13.1 Å². The molecule has 2 rings (SSSR count). The second-order valence-electron chi connectivity index (χ2n) is 5.34. The number of benzene rings is 2. The van der Waals surface area contributed by atoms with Crippen molar-refractivity contribution in [2.75, 3.05) is 18.5 Å². The topological polar surface area (TPSA) is 62.7 Å². The van der Waals surface area contributed by atoms with Crippen molar-refractivity contribution in [3.63, 3.8) is 0 Å². The summed E-state index contributed by atoms with van der Waals surface area (Å²) in [5, 5.41) is 6.91. The van der Waals surface area contributed by atoms with Gasteiger partial charge in [-0.15, -0.1) is 0 Å². The van der Waals surface area contributed by atoms with Crippen molar-refractivity contribution >= 4 is 29.4 Å². The van der Waals surface area contributed by atoms with Gasteiger partial charge in [-0.3, -0.25) is 4.79 Å². The lowest BCUT2D eigenvalue weighted by molar-refractivity contribution is -0.137. The van der Waals surface area contributed by atoms with Gasteiger partial charge in [-0.05, 0) is 43.3 Å². The zero-order valence-corrected chi connectivity index (χ0v) is 15.1. The van der Waals surface area contributed by atoms with E-state index < -0.39 is 17.6 Å². The van der Waals surface area contributed by atoms with Gasteiger partial charge in [-0.25, -0.2) is 5.43 Å². The summed E-state index contributed by atoms with van der Waals surface area (Å²) in [6, 6.07) is 9.56. The number of carbonyl (C=O) groups excluding carboxylic acids is 1. The van der Waals surface area contributed by atoms with Crippen molar-refractivity contribution in [1.82, 2.24) is 5.43 Å². The highest BCUT2D eigenvalue weighted by Gasteiger charge is 2.30. The third-order valence-electron chi connectivity index (χ3n) is 3.31. The summed E-state index contributed by atoms with van der Waals surface area (Å²) < 4.78 is 43.4. The largest absolute Gasteiger partial charge is 0.493 e. The van der Waals surface area contributed by atoms with Gasteiger partial charge in [0, 0.05) is 16.3 Å². The maximum Gasteiger partial charge on any atom is 0.416 e. The normalized spacial score (nSPS) is 11.4. The Bertz CT molecular complexity index is 826.